The van der Waals surface area contributed by atoms with Gasteiger partial charge in [-0.25, -0.2) is 4.79 Å². The summed E-state index contributed by atoms with van der Waals surface area (Å²) in [6.07, 6.45) is 4.91. The number of esters is 2. The van der Waals surface area contributed by atoms with Gasteiger partial charge in [0.1, 0.15) is 6.04 Å². The number of methoxy groups -OCH3 is 2. The Labute approximate surface area is 110 Å². The van der Waals surface area contributed by atoms with Crippen molar-refractivity contribution in [1.82, 2.24) is 4.90 Å². The predicted octanol–water partition coefficient (Wildman–Crippen LogP) is -0.320. The summed E-state index contributed by atoms with van der Waals surface area (Å²) >= 11 is 0. The zero-order valence-corrected chi connectivity index (χ0v) is 10.8. The van der Waals surface area contributed by atoms with Crippen molar-refractivity contribution in [3.05, 3.63) is 24.0 Å². The molecule has 1 rings (SSSR count). The summed E-state index contributed by atoms with van der Waals surface area (Å²) in [6, 6.07) is -0.886. The third-order valence-corrected chi connectivity index (χ3v) is 2.66. The molecule has 7 nitrogen and oxygen atoms in total. The van der Waals surface area contributed by atoms with E-state index in [1.807, 2.05) is 0 Å². The number of amides is 1. The molecule has 19 heavy (non-hydrogen) atoms. The number of allylic oxidation sites excluding steroid dienone is 1. The fraction of sp³-hybridized carbons (Fsp3) is 0.417. The first-order chi connectivity index (χ1) is 8.99. The van der Waals surface area contributed by atoms with Crippen molar-refractivity contribution in [1.29, 1.82) is 0 Å². The second-order valence-electron chi connectivity index (χ2n) is 3.87. The lowest BCUT2D eigenvalue weighted by molar-refractivity contribution is -0.151. The number of nitrogens with zero attached hydrogens (tertiary/aromatic N) is 1. The fourth-order valence-electron chi connectivity index (χ4n) is 1.62. The molecule has 1 amide bonds. The Hall–Kier alpha value is -2.31. The van der Waals surface area contributed by atoms with Gasteiger partial charge in [0, 0.05) is 18.0 Å². The van der Waals surface area contributed by atoms with E-state index in [2.05, 4.69) is 9.47 Å². The lowest BCUT2D eigenvalue weighted by Crippen LogP contribution is -2.39. The molecular formula is C12H16N2O5. The van der Waals surface area contributed by atoms with Crippen LogP contribution in [-0.4, -0.2) is 43.0 Å². The van der Waals surface area contributed by atoms with E-state index in [1.165, 1.54) is 25.3 Å². The van der Waals surface area contributed by atoms with Gasteiger partial charge in [-0.15, -0.1) is 0 Å². The minimum absolute atomic E-state index is 0.184. The summed E-state index contributed by atoms with van der Waals surface area (Å²) in [5.41, 5.74) is 5.54. The van der Waals surface area contributed by atoms with Crippen LogP contribution in [0.25, 0.3) is 0 Å². The molecule has 2 N–H and O–H groups in total. The molecule has 0 aromatic heterocycles. The third kappa shape index (κ3) is 3.84. The van der Waals surface area contributed by atoms with Gasteiger partial charge in [-0.05, 0) is 6.42 Å². The predicted molar refractivity (Wildman–Crippen MR) is 65.3 cm³/mol. The fourth-order valence-corrected chi connectivity index (χ4v) is 1.62. The molecular weight excluding hydrogens is 252 g/mol. The maximum Gasteiger partial charge on any atom is 0.329 e. The number of nitrogens with two attached hydrogens (primary N) is 1. The molecule has 1 aliphatic rings. The zero-order chi connectivity index (χ0) is 14.4. The number of hydrogen-bond donors (Lipinski definition) is 1. The molecule has 0 saturated carbocycles. The van der Waals surface area contributed by atoms with E-state index in [9.17, 15) is 14.4 Å². The summed E-state index contributed by atoms with van der Waals surface area (Å²) in [6.45, 7) is 0. The van der Waals surface area contributed by atoms with Gasteiger partial charge in [-0.3, -0.25) is 9.59 Å². The van der Waals surface area contributed by atoms with E-state index in [0.29, 0.717) is 12.0 Å². The third-order valence-electron chi connectivity index (χ3n) is 2.66. The van der Waals surface area contributed by atoms with Gasteiger partial charge in [0.25, 0.3) is 0 Å². The molecule has 0 aromatic carbocycles. The van der Waals surface area contributed by atoms with Gasteiger partial charge in [-0.2, -0.15) is 0 Å². The van der Waals surface area contributed by atoms with Crippen LogP contribution in [0.5, 0.6) is 0 Å². The molecule has 0 aliphatic carbocycles. The first-order valence-corrected chi connectivity index (χ1v) is 5.58. The van der Waals surface area contributed by atoms with E-state index >= 15 is 0 Å². The Morgan fingerprint density at radius 3 is 2.58 bits per heavy atom. The highest BCUT2D eigenvalue weighted by Crippen LogP contribution is 2.17. The standard InChI is InChI=1S/C12H16N2O5/c1-18-10(15)6-9(12(17)19-2)14-5-3-4-8(7-14)11(13)16/h3,5,7,9H,4,6H2,1-2H3,(H2,13,16). The molecule has 0 bridgehead atoms. The van der Waals surface area contributed by atoms with Crippen LogP contribution in [0.4, 0.5) is 0 Å². The van der Waals surface area contributed by atoms with Gasteiger partial charge in [0.05, 0.1) is 20.6 Å². The number of rotatable bonds is 5. The highest BCUT2D eigenvalue weighted by molar-refractivity contribution is 5.92. The smallest absolute Gasteiger partial charge is 0.329 e. The Kier molecular flexibility index (Phi) is 5.11. The summed E-state index contributed by atoms with van der Waals surface area (Å²) in [7, 11) is 2.45. The topological polar surface area (TPSA) is 98.9 Å². The molecule has 0 saturated heterocycles. The van der Waals surface area contributed by atoms with Crippen molar-refractivity contribution in [2.45, 2.75) is 18.9 Å². The van der Waals surface area contributed by atoms with Gasteiger partial charge in [0.2, 0.25) is 5.91 Å². The summed E-state index contributed by atoms with van der Waals surface area (Å²) < 4.78 is 9.17. The van der Waals surface area contributed by atoms with Crippen LogP contribution in [0, 0.1) is 0 Å². The average molecular weight is 268 g/mol. The van der Waals surface area contributed by atoms with Gasteiger partial charge in [-0.1, -0.05) is 6.08 Å². The number of primary amides is 1. The molecule has 0 fully saturated rings. The maximum atomic E-state index is 11.7. The monoisotopic (exact) mass is 268 g/mol. The summed E-state index contributed by atoms with van der Waals surface area (Å²) in [4.78, 5) is 35.5. The van der Waals surface area contributed by atoms with Crippen LogP contribution in [0.15, 0.2) is 24.0 Å². The van der Waals surface area contributed by atoms with Crippen molar-refractivity contribution in [3.8, 4) is 0 Å². The Morgan fingerprint density at radius 2 is 2.05 bits per heavy atom. The van der Waals surface area contributed by atoms with Gasteiger partial charge in [0.15, 0.2) is 0 Å². The Morgan fingerprint density at radius 1 is 1.37 bits per heavy atom. The molecule has 1 heterocycles. The van der Waals surface area contributed by atoms with E-state index in [0.717, 1.165) is 0 Å². The first-order valence-electron chi connectivity index (χ1n) is 5.58. The van der Waals surface area contributed by atoms with Gasteiger partial charge < -0.3 is 20.1 Å². The molecule has 0 aromatic rings. The van der Waals surface area contributed by atoms with Crippen LogP contribution >= 0.6 is 0 Å². The van der Waals surface area contributed by atoms with Crippen LogP contribution < -0.4 is 5.73 Å². The van der Waals surface area contributed by atoms with Crippen molar-refractivity contribution in [2.24, 2.45) is 5.73 Å². The van der Waals surface area contributed by atoms with Crippen LogP contribution in [0.3, 0.4) is 0 Å². The van der Waals surface area contributed by atoms with Crippen LogP contribution in [0.2, 0.25) is 0 Å². The van der Waals surface area contributed by atoms with Crippen molar-refractivity contribution < 1.29 is 23.9 Å². The number of hydrogen-bond acceptors (Lipinski definition) is 6. The number of ether oxygens (including phenoxy) is 2. The maximum absolute atomic E-state index is 11.7. The molecule has 1 aliphatic heterocycles. The molecule has 1 unspecified atom stereocenters. The average Bonchev–Trinajstić information content (AvgIpc) is 2.43. The SMILES string of the molecule is COC(=O)CC(C(=O)OC)N1C=CCC(C(N)=O)=C1. The number of carbonyl (C=O) groups is 3. The highest BCUT2D eigenvalue weighted by atomic mass is 16.5. The number of carbonyl (C=O) groups excluding carboxylic acids is 3. The van der Waals surface area contributed by atoms with E-state index in [1.54, 1.807) is 12.3 Å². The van der Waals surface area contributed by atoms with Crippen LogP contribution in [-0.2, 0) is 23.9 Å². The van der Waals surface area contributed by atoms with E-state index in [-0.39, 0.29) is 6.42 Å². The second kappa shape index (κ2) is 6.58. The summed E-state index contributed by atoms with van der Waals surface area (Å²) in [5.74, 6) is -1.73. The molecule has 104 valence electrons. The molecule has 7 heteroatoms. The quantitative estimate of drug-likeness (QED) is 0.686. The van der Waals surface area contributed by atoms with Crippen molar-refractivity contribution >= 4 is 17.8 Å². The zero-order valence-electron chi connectivity index (χ0n) is 10.8. The van der Waals surface area contributed by atoms with Gasteiger partial charge >= 0.3 is 11.9 Å². The van der Waals surface area contributed by atoms with E-state index < -0.39 is 23.9 Å². The second-order valence-corrected chi connectivity index (χ2v) is 3.87. The molecule has 1 atom stereocenters. The lowest BCUT2D eigenvalue weighted by Gasteiger charge is -2.27. The van der Waals surface area contributed by atoms with Crippen LogP contribution in [0.1, 0.15) is 12.8 Å². The summed E-state index contributed by atoms with van der Waals surface area (Å²) in [5, 5.41) is 0. The highest BCUT2D eigenvalue weighted by Gasteiger charge is 2.28. The molecule has 0 spiro atoms. The lowest BCUT2D eigenvalue weighted by atomic mass is 10.1. The van der Waals surface area contributed by atoms with Crippen molar-refractivity contribution in [2.75, 3.05) is 14.2 Å². The first kappa shape index (κ1) is 14.7. The van der Waals surface area contributed by atoms with E-state index in [4.69, 9.17) is 5.73 Å². The normalized spacial score (nSPS) is 15.5. The Bertz CT molecular complexity index is 441. The Balaban J connectivity index is 2.94. The van der Waals surface area contributed by atoms with Crippen molar-refractivity contribution in [3.63, 3.8) is 0 Å². The largest absolute Gasteiger partial charge is 0.469 e. The molecule has 0 radical (unpaired) electrons. The minimum atomic E-state index is -0.886. The minimum Gasteiger partial charge on any atom is -0.469 e.